The van der Waals surface area contributed by atoms with Gasteiger partial charge in [-0.15, -0.1) is 0 Å². The van der Waals surface area contributed by atoms with E-state index >= 15 is 0 Å². The summed E-state index contributed by atoms with van der Waals surface area (Å²) >= 11 is 6.06. The molecule has 1 N–H and O–H groups in total. The quantitative estimate of drug-likeness (QED) is 0.841. The molecule has 2 rings (SSSR count). The molecule has 0 heterocycles. The van der Waals surface area contributed by atoms with Crippen molar-refractivity contribution in [2.45, 2.75) is 26.8 Å². The first-order valence-corrected chi connectivity index (χ1v) is 7.06. The predicted molar refractivity (Wildman–Crippen MR) is 86.0 cm³/mol. The molecule has 1 unspecified atom stereocenters. The van der Waals surface area contributed by atoms with Gasteiger partial charge in [0, 0.05) is 11.1 Å². The Kier molecular flexibility index (Phi) is 4.56. The van der Waals surface area contributed by atoms with Gasteiger partial charge in [-0.1, -0.05) is 35.4 Å². The van der Waals surface area contributed by atoms with Crippen molar-refractivity contribution in [3.63, 3.8) is 0 Å². The normalized spacial score (nSPS) is 12.1. The SMILES string of the molecule is COc1ccc(Cl)cc1NC(C)c1cc(C)ccc1C. The van der Waals surface area contributed by atoms with Gasteiger partial charge in [0.2, 0.25) is 0 Å². The van der Waals surface area contributed by atoms with Gasteiger partial charge in [0.05, 0.1) is 12.8 Å². The minimum atomic E-state index is 0.183. The van der Waals surface area contributed by atoms with E-state index < -0.39 is 0 Å². The lowest BCUT2D eigenvalue weighted by atomic mass is 10.00. The number of ether oxygens (including phenoxy) is 1. The molecule has 0 amide bonds. The Labute approximate surface area is 125 Å². The van der Waals surface area contributed by atoms with Crippen molar-refractivity contribution in [1.82, 2.24) is 0 Å². The molecule has 1 atom stereocenters. The van der Waals surface area contributed by atoms with Gasteiger partial charge in [0.1, 0.15) is 5.75 Å². The van der Waals surface area contributed by atoms with Gasteiger partial charge in [-0.25, -0.2) is 0 Å². The minimum absolute atomic E-state index is 0.183. The Bertz CT molecular complexity index is 610. The lowest BCUT2D eigenvalue weighted by Gasteiger charge is -2.20. The third-order valence-electron chi connectivity index (χ3n) is 3.43. The maximum absolute atomic E-state index is 6.06. The smallest absolute Gasteiger partial charge is 0.142 e. The first-order chi connectivity index (χ1) is 9.51. The van der Waals surface area contributed by atoms with Crippen LogP contribution in [-0.2, 0) is 0 Å². The topological polar surface area (TPSA) is 21.3 Å². The zero-order valence-corrected chi connectivity index (χ0v) is 13.1. The van der Waals surface area contributed by atoms with Crippen LogP contribution < -0.4 is 10.1 Å². The van der Waals surface area contributed by atoms with E-state index in [9.17, 15) is 0 Å². The molecule has 2 aromatic carbocycles. The van der Waals surface area contributed by atoms with E-state index in [0.717, 1.165) is 11.4 Å². The number of hydrogen-bond acceptors (Lipinski definition) is 2. The number of benzene rings is 2. The molecule has 0 aliphatic rings. The van der Waals surface area contributed by atoms with Crippen LogP contribution in [0.4, 0.5) is 5.69 Å². The van der Waals surface area contributed by atoms with Crippen molar-refractivity contribution in [1.29, 1.82) is 0 Å². The van der Waals surface area contributed by atoms with Crippen molar-refractivity contribution < 1.29 is 4.74 Å². The summed E-state index contributed by atoms with van der Waals surface area (Å²) < 4.78 is 5.37. The molecule has 0 saturated heterocycles. The molecule has 20 heavy (non-hydrogen) atoms. The molecule has 2 nitrogen and oxygen atoms in total. The van der Waals surface area contributed by atoms with E-state index in [2.05, 4.69) is 44.3 Å². The Balaban J connectivity index is 2.29. The number of rotatable bonds is 4. The van der Waals surface area contributed by atoms with Crippen molar-refractivity contribution in [3.8, 4) is 5.75 Å². The number of methoxy groups -OCH3 is 1. The molecule has 0 aliphatic carbocycles. The summed E-state index contributed by atoms with van der Waals surface area (Å²) in [6.45, 7) is 6.37. The van der Waals surface area contributed by atoms with Crippen LogP contribution in [0.1, 0.15) is 29.7 Å². The van der Waals surface area contributed by atoms with Gasteiger partial charge in [-0.2, -0.15) is 0 Å². The molecule has 106 valence electrons. The predicted octanol–water partition coefficient (Wildman–Crippen LogP) is 5.14. The molecule has 2 aromatic rings. The summed E-state index contributed by atoms with van der Waals surface area (Å²) in [7, 11) is 1.66. The van der Waals surface area contributed by atoms with Crippen LogP contribution in [0.15, 0.2) is 36.4 Å². The van der Waals surface area contributed by atoms with Gasteiger partial charge in [-0.3, -0.25) is 0 Å². The van der Waals surface area contributed by atoms with Gasteiger partial charge in [0.15, 0.2) is 0 Å². The molecule has 0 fully saturated rings. The minimum Gasteiger partial charge on any atom is -0.495 e. The maximum atomic E-state index is 6.06. The van der Waals surface area contributed by atoms with Crippen molar-refractivity contribution >= 4 is 17.3 Å². The summed E-state index contributed by atoms with van der Waals surface area (Å²) in [6, 6.07) is 12.3. The first-order valence-electron chi connectivity index (χ1n) is 6.68. The summed E-state index contributed by atoms with van der Waals surface area (Å²) in [6.07, 6.45) is 0. The highest BCUT2D eigenvalue weighted by Crippen LogP contribution is 2.31. The lowest BCUT2D eigenvalue weighted by molar-refractivity contribution is 0.416. The van der Waals surface area contributed by atoms with Crippen molar-refractivity contribution in [2.75, 3.05) is 12.4 Å². The van der Waals surface area contributed by atoms with Gasteiger partial charge < -0.3 is 10.1 Å². The molecule has 0 aliphatic heterocycles. The monoisotopic (exact) mass is 289 g/mol. The van der Waals surface area contributed by atoms with Crippen LogP contribution in [0.2, 0.25) is 5.02 Å². The fraction of sp³-hybridized carbons (Fsp3) is 0.294. The Morgan fingerprint density at radius 2 is 1.85 bits per heavy atom. The summed E-state index contributed by atoms with van der Waals surface area (Å²) in [5.74, 6) is 0.798. The number of hydrogen-bond donors (Lipinski definition) is 1. The summed E-state index contributed by atoms with van der Waals surface area (Å²) in [5.41, 5.74) is 4.73. The molecule has 0 aromatic heterocycles. The van der Waals surface area contributed by atoms with E-state index in [1.54, 1.807) is 7.11 Å². The van der Waals surface area contributed by atoms with Crippen molar-refractivity contribution in [3.05, 3.63) is 58.1 Å². The van der Waals surface area contributed by atoms with Crippen LogP contribution >= 0.6 is 11.6 Å². The van der Waals surface area contributed by atoms with Gasteiger partial charge >= 0.3 is 0 Å². The zero-order valence-electron chi connectivity index (χ0n) is 12.3. The average molecular weight is 290 g/mol. The van der Waals surface area contributed by atoms with Gasteiger partial charge in [-0.05, 0) is 50.1 Å². The third kappa shape index (κ3) is 3.26. The summed E-state index contributed by atoms with van der Waals surface area (Å²) in [5, 5.41) is 4.17. The molecule has 0 bridgehead atoms. The third-order valence-corrected chi connectivity index (χ3v) is 3.67. The van der Waals surface area contributed by atoms with Crippen molar-refractivity contribution in [2.24, 2.45) is 0 Å². The first kappa shape index (κ1) is 14.7. The number of anilines is 1. The van der Waals surface area contributed by atoms with E-state index in [4.69, 9.17) is 16.3 Å². The fourth-order valence-corrected chi connectivity index (χ4v) is 2.50. The Morgan fingerprint density at radius 3 is 2.55 bits per heavy atom. The number of halogens is 1. The molecule has 3 heteroatoms. The van der Waals surface area contributed by atoms with E-state index in [-0.39, 0.29) is 6.04 Å². The van der Waals surface area contributed by atoms with Crippen LogP contribution in [0.25, 0.3) is 0 Å². The molecule has 0 saturated carbocycles. The number of nitrogens with one attached hydrogen (secondary N) is 1. The summed E-state index contributed by atoms with van der Waals surface area (Å²) in [4.78, 5) is 0. The van der Waals surface area contributed by atoms with E-state index in [1.165, 1.54) is 16.7 Å². The highest BCUT2D eigenvalue weighted by atomic mass is 35.5. The van der Waals surface area contributed by atoms with Gasteiger partial charge in [0.25, 0.3) is 0 Å². The Hall–Kier alpha value is -1.67. The molecular weight excluding hydrogens is 270 g/mol. The maximum Gasteiger partial charge on any atom is 0.142 e. The zero-order chi connectivity index (χ0) is 14.7. The fourth-order valence-electron chi connectivity index (χ4n) is 2.33. The molecule has 0 radical (unpaired) electrons. The largest absolute Gasteiger partial charge is 0.495 e. The highest BCUT2D eigenvalue weighted by Gasteiger charge is 2.11. The number of aryl methyl sites for hydroxylation is 2. The van der Waals surface area contributed by atoms with Crippen LogP contribution in [0.3, 0.4) is 0 Å². The second-order valence-electron chi connectivity index (χ2n) is 5.07. The van der Waals surface area contributed by atoms with Crippen LogP contribution in [0.5, 0.6) is 5.75 Å². The Morgan fingerprint density at radius 1 is 1.10 bits per heavy atom. The van der Waals surface area contributed by atoms with E-state index in [1.807, 2.05) is 18.2 Å². The lowest BCUT2D eigenvalue weighted by Crippen LogP contribution is -2.09. The average Bonchev–Trinajstić information content (AvgIpc) is 2.41. The second kappa shape index (κ2) is 6.19. The van der Waals surface area contributed by atoms with E-state index in [0.29, 0.717) is 5.02 Å². The standard InChI is InChI=1S/C17H20ClNO/c1-11-5-6-12(2)15(9-11)13(3)19-16-10-14(18)7-8-17(16)20-4/h5-10,13,19H,1-4H3. The van der Waals surface area contributed by atoms with Crippen LogP contribution in [-0.4, -0.2) is 7.11 Å². The second-order valence-corrected chi connectivity index (χ2v) is 5.51. The van der Waals surface area contributed by atoms with Crippen LogP contribution in [0, 0.1) is 13.8 Å². The highest BCUT2D eigenvalue weighted by molar-refractivity contribution is 6.30. The molecule has 0 spiro atoms. The molecular formula is C17H20ClNO.